The van der Waals surface area contributed by atoms with Crippen molar-refractivity contribution in [1.29, 1.82) is 0 Å². The van der Waals surface area contributed by atoms with Crippen LogP contribution in [0.3, 0.4) is 0 Å². The van der Waals surface area contributed by atoms with E-state index in [-0.39, 0.29) is 16.0 Å². The first-order chi connectivity index (χ1) is 10.6. The number of piperidine rings is 1. The third-order valence-corrected chi connectivity index (χ3v) is 4.51. The molecule has 0 unspecified atom stereocenters. The molecule has 1 aliphatic heterocycles. The van der Waals surface area contributed by atoms with Crippen molar-refractivity contribution in [3.8, 4) is 0 Å². The molecule has 0 atom stereocenters. The van der Waals surface area contributed by atoms with E-state index in [1.54, 1.807) is 24.5 Å². The minimum absolute atomic E-state index is 0.0988. The first kappa shape index (κ1) is 14.7. The Balaban J connectivity index is 1.88. The summed E-state index contributed by atoms with van der Waals surface area (Å²) < 4.78 is 0. The summed E-state index contributed by atoms with van der Waals surface area (Å²) in [7, 11) is 0. The fraction of sp³-hybridized carbons (Fsp3) is 0.438. The van der Waals surface area contributed by atoms with E-state index in [0.717, 1.165) is 43.5 Å². The minimum atomic E-state index is -0.359. The highest BCUT2D eigenvalue weighted by Crippen LogP contribution is 2.33. The molecule has 0 bridgehead atoms. The van der Waals surface area contributed by atoms with Gasteiger partial charge in [-0.3, -0.25) is 15.1 Å². The lowest BCUT2D eigenvalue weighted by Gasteiger charge is -2.34. The molecule has 3 rings (SSSR count). The molecule has 0 amide bonds. The average Bonchev–Trinajstić information content (AvgIpc) is 2.53. The molecule has 2 aromatic rings. The number of aromatic nitrogens is 1. The van der Waals surface area contributed by atoms with Gasteiger partial charge in [0.2, 0.25) is 0 Å². The van der Waals surface area contributed by atoms with Gasteiger partial charge in [0.15, 0.2) is 0 Å². The van der Waals surface area contributed by atoms with Gasteiger partial charge in [0.25, 0.3) is 5.69 Å². The number of nitrogens with zero attached hydrogens (tertiary/aromatic N) is 2. The maximum absolute atomic E-state index is 11.1. The number of fused-ring (bicyclic) bond motifs is 1. The minimum Gasteiger partial charge on any atom is -0.384 e. The summed E-state index contributed by atoms with van der Waals surface area (Å²) in [5.41, 5.74) is 1.29. The van der Waals surface area contributed by atoms with Gasteiger partial charge < -0.3 is 10.6 Å². The Morgan fingerprint density at radius 1 is 1.32 bits per heavy atom. The van der Waals surface area contributed by atoms with Crippen LogP contribution in [0.2, 0.25) is 0 Å². The maximum Gasteiger partial charge on any atom is 0.278 e. The molecular formula is C16H20N4O2. The van der Waals surface area contributed by atoms with Crippen LogP contribution in [0.15, 0.2) is 30.6 Å². The van der Waals surface area contributed by atoms with E-state index < -0.39 is 0 Å². The van der Waals surface area contributed by atoms with Crippen molar-refractivity contribution in [3.63, 3.8) is 0 Å². The Labute approximate surface area is 129 Å². The standard InChI is InChI=1S/C16H20N4O2/c1-16(5-8-17-9-6-16)11-19-14-2-3-15(20(21)22)13-10-18-7-4-12(13)14/h2-4,7,10,17,19H,5-6,8-9,11H2,1H3. The number of rotatable bonds is 4. The third-order valence-electron chi connectivity index (χ3n) is 4.51. The number of hydrogen-bond donors (Lipinski definition) is 2. The summed E-state index contributed by atoms with van der Waals surface area (Å²) in [6.45, 7) is 5.24. The van der Waals surface area contributed by atoms with E-state index >= 15 is 0 Å². The summed E-state index contributed by atoms with van der Waals surface area (Å²) in [6, 6.07) is 5.18. The summed E-state index contributed by atoms with van der Waals surface area (Å²) in [5, 5.41) is 19.4. The number of pyridine rings is 1. The van der Waals surface area contributed by atoms with Crippen LogP contribution in [-0.2, 0) is 0 Å². The molecule has 2 N–H and O–H groups in total. The summed E-state index contributed by atoms with van der Waals surface area (Å²) in [4.78, 5) is 14.8. The van der Waals surface area contributed by atoms with Crippen LogP contribution < -0.4 is 10.6 Å². The molecule has 2 heterocycles. The molecule has 1 saturated heterocycles. The van der Waals surface area contributed by atoms with Gasteiger partial charge in [-0.15, -0.1) is 0 Å². The van der Waals surface area contributed by atoms with Gasteiger partial charge in [-0.2, -0.15) is 0 Å². The van der Waals surface area contributed by atoms with Crippen LogP contribution in [-0.4, -0.2) is 29.5 Å². The topological polar surface area (TPSA) is 80.1 Å². The highest BCUT2D eigenvalue weighted by Gasteiger charge is 2.26. The zero-order chi connectivity index (χ0) is 15.6. The molecule has 1 fully saturated rings. The van der Waals surface area contributed by atoms with Crippen LogP contribution in [0.1, 0.15) is 19.8 Å². The number of nitrogens with one attached hydrogen (secondary N) is 2. The molecule has 1 aliphatic rings. The highest BCUT2D eigenvalue weighted by molar-refractivity contribution is 5.99. The fourth-order valence-corrected chi connectivity index (χ4v) is 3.00. The predicted octanol–water partition coefficient (Wildman–Crippen LogP) is 2.94. The molecule has 116 valence electrons. The number of hydrogen-bond acceptors (Lipinski definition) is 5. The smallest absolute Gasteiger partial charge is 0.278 e. The molecule has 1 aromatic heterocycles. The normalized spacial score (nSPS) is 17.3. The van der Waals surface area contributed by atoms with Crippen LogP contribution >= 0.6 is 0 Å². The Kier molecular flexibility index (Phi) is 3.94. The molecule has 6 heteroatoms. The van der Waals surface area contributed by atoms with Gasteiger partial charge in [-0.25, -0.2) is 0 Å². The van der Waals surface area contributed by atoms with Crippen molar-refractivity contribution in [2.45, 2.75) is 19.8 Å². The van der Waals surface area contributed by atoms with Gasteiger partial charge in [-0.1, -0.05) is 6.92 Å². The number of benzene rings is 1. The second-order valence-corrected chi connectivity index (χ2v) is 6.22. The molecule has 0 radical (unpaired) electrons. The average molecular weight is 300 g/mol. The SMILES string of the molecule is CC1(CNc2ccc([N+](=O)[O-])c3cnccc23)CCNCC1. The van der Waals surface area contributed by atoms with E-state index in [9.17, 15) is 10.1 Å². The molecular weight excluding hydrogens is 280 g/mol. The van der Waals surface area contributed by atoms with E-state index in [4.69, 9.17) is 0 Å². The van der Waals surface area contributed by atoms with Crippen LogP contribution in [0.4, 0.5) is 11.4 Å². The van der Waals surface area contributed by atoms with Crippen molar-refractivity contribution in [2.75, 3.05) is 25.0 Å². The molecule has 1 aromatic carbocycles. The van der Waals surface area contributed by atoms with Crippen molar-refractivity contribution >= 4 is 22.1 Å². The van der Waals surface area contributed by atoms with E-state index in [1.807, 2.05) is 6.07 Å². The van der Waals surface area contributed by atoms with E-state index in [1.165, 1.54) is 0 Å². The van der Waals surface area contributed by atoms with Gasteiger partial charge in [-0.05, 0) is 43.5 Å². The summed E-state index contributed by atoms with van der Waals surface area (Å²) >= 11 is 0. The summed E-state index contributed by atoms with van der Waals surface area (Å²) in [5.74, 6) is 0. The largest absolute Gasteiger partial charge is 0.384 e. The zero-order valence-electron chi connectivity index (χ0n) is 12.6. The van der Waals surface area contributed by atoms with Gasteiger partial charge in [0, 0.05) is 36.1 Å². The molecule has 6 nitrogen and oxygen atoms in total. The van der Waals surface area contributed by atoms with Crippen molar-refractivity contribution in [3.05, 3.63) is 40.7 Å². The lowest BCUT2D eigenvalue weighted by Crippen LogP contribution is -2.39. The van der Waals surface area contributed by atoms with Crippen LogP contribution in [0.25, 0.3) is 10.8 Å². The molecule has 0 spiro atoms. The highest BCUT2D eigenvalue weighted by atomic mass is 16.6. The number of nitro groups is 1. The van der Waals surface area contributed by atoms with Crippen LogP contribution in [0.5, 0.6) is 0 Å². The number of anilines is 1. The Morgan fingerprint density at radius 3 is 2.82 bits per heavy atom. The molecule has 0 saturated carbocycles. The molecule has 0 aliphatic carbocycles. The lowest BCUT2D eigenvalue weighted by atomic mass is 9.81. The van der Waals surface area contributed by atoms with E-state index in [2.05, 4.69) is 22.5 Å². The molecule has 22 heavy (non-hydrogen) atoms. The second-order valence-electron chi connectivity index (χ2n) is 6.22. The predicted molar refractivity (Wildman–Crippen MR) is 87.1 cm³/mol. The van der Waals surface area contributed by atoms with Crippen molar-refractivity contribution in [1.82, 2.24) is 10.3 Å². The third kappa shape index (κ3) is 2.87. The Bertz CT molecular complexity index is 696. The Hall–Kier alpha value is -2.21. The van der Waals surface area contributed by atoms with Crippen molar-refractivity contribution in [2.24, 2.45) is 5.41 Å². The first-order valence-corrected chi connectivity index (χ1v) is 7.55. The van der Waals surface area contributed by atoms with E-state index in [0.29, 0.717) is 5.39 Å². The number of nitro benzene ring substituents is 1. The first-order valence-electron chi connectivity index (χ1n) is 7.55. The monoisotopic (exact) mass is 300 g/mol. The second kappa shape index (κ2) is 5.88. The van der Waals surface area contributed by atoms with Gasteiger partial charge >= 0.3 is 0 Å². The summed E-state index contributed by atoms with van der Waals surface area (Å²) in [6.07, 6.45) is 5.49. The fourth-order valence-electron chi connectivity index (χ4n) is 3.00. The number of non-ortho nitro benzene ring substituents is 1. The van der Waals surface area contributed by atoms with Crippen LogP contribution in [0, 0.1) is 15.5 Å². The van der Waals surface area contributed by atoms with Gasteiger partial charge in [0.1, 0.15) is 0 Å². The Morgan fingerprint density at radius 2 is 2.09 bits per heavy atom. The zero-order valence-corrected chi connectivity index (χ0v) is 12.6. The maximum atomic E-state index is 11.1. The quantitative estimate of drug-likeness (QED) is 0.670. The van der Waals surface area contributed by atoms with Crippen molar-refractivity contribution < 1.29 is 4.92 Å². The van der Waals surface area contributed by atoms with Gasteiger partial charge in [0.05, 0.1) is 10.3 Å². The lowest BCUT2D eigenvalue weighted by molar-refractivity contribution is -0.383.